The predicted octanol–water partition coefficient (Wildman–Crippen LogP) is 1.89. The molecule has 3 heterocycles. The van der Waals surface area contributed by atoms with Gasteiger partial charge in [0.05, 0.1) is 37.4 Å². The van der Waals surface area contributed by atoms with Crippen LogP contribution in [0.3, 0.4) is 0 Å². The Morgan fingerprint density at radius 2 is 1.70 bits per heavy atom. The van der Waals surface area contributed by atoms with Crippen LogP contribution in [0.4, 0.5) is 5.82 Å². The van der Waals surface area contributed by atoms with Gasteiger partial charge < -0.3 is 20.3 Å². The Bertz CT molecular complexity index is 1570. The molecule has 0 amide bonds. The van der Waals surface area contributed by atoms with Gasteiger partial charge in [0.2, 0.25) is 10.0 Å². The molecule has 0 unspecified atom stereocenters. The molecule has 0 spiro atoms. The van der Waals surface area contributed by atoms with Gasteiger partial charge in [-0.1, -0.05) is 48.5 Å². The first kappa shape index (κ1) is 23.9. The smallest absolute Gasteiger partial charge is 0.209 e. The number of sulfonamides is 1. The van der Waals surface area contributed by atoms with Gasteiger partial charge in [-0.3, -0.25) is 4.57 Å². The number of hydrogen-bond acceptors (Lipinski definition) is 9. The van der Waals surface area contributed by atoms with Crippen LogP contribution in [-0.4, -0.2) is 63.2 Å². The minimum absolute atomic E-state index is 0.288. The number of aliphatic hydroxyl groups is 2. The van der Waals surface area contributed by atoms with Crippen LogP contribution in [0, 0.1) is 0 Å². The summed E-state index contributed by atoms with van der Waals surface area (Å²) >= 11 is 0. The zero-order valence-corrected chi connectivity index (χ0v) is 20.7. The maximum absolute atomic E-state index is 12.4. The fourth-order valence-corrected chi connectivity index (χ4v) is 6.00. The molecule has 0 bridgehead atoms. The maximum atomic E-state index is 12.4. The van der Waals surface area contributed by atoms with E-state index in [2.05, 4.69) is 25.0 Å². The van der Waals surface area contributed by atoms with Crippen LogP contribution in [0.1, 0.15) is 35.9 Å². The van der Waals surface area contributed by atoms with Crippen molar-refractivity contribution in [1.29, 1.82) is 0 Å². The van der Waals surface area contributed by atoms with Crippen molar-refractivity contribution in [3.8, 4) is 11.1 Å². The third kappa shape index (κ3) is 4.26. The van der Waals surface area contributed by atoms with E-state index in [1.807, 2.05) is 48.5 Å². The number of fused-ring (bicyclic) bond motifs is 4. The van der Waals surface area contributed by atoms with Gasteiger partial charge in [-0.25, -0.2) is 28.1 Å². The lowest BCUT2D eigenvalue weighted by molar-refractivity contribution is -0.0432. The molecule has 1 aliphatic carbocycles. The normalized spacial score (nSPS) is 25.1. The fourth-order valence-electron chi connectivity index (χ4n) is 5.28. The molecule has 37 heavy (non-hydrogen) atoms. The molecule has 12 heteroatoms. The van der Waals surface area contributed by atoms with Crippen molar-refractivity contribution in [2.75, 3.05) is 18.2 Å². The second-order valence-corrected chi connectivity index (χ2v) is 11.1. The molecule has 4 aromatic rings. The minimum Gasteiger partial charge on any atom is -0.394 e. The van der Waals surface area contributed by atoms with Crippen LogP contribution in [0.15, 0.2) is 61.2 Å². The van der Waals surface area contributed by atoms with Crippen LogP contribution in [0.5, 0.6) is 0 Å². The summed E-state index contributed by atoms with van der Waals surface area (Å²) in [6.45, 7) is -0.288. The molecule has 0 saturated carbocycles. The van der Waals surface area contributed by atoms with Gasteiger partial charge >= 0.3 is 0 Å². The Morgan fingerprint density at radius 1 is 1.03 bits per heavy atom. The van der Waals surface area contributed by atoms with Crippen LogP contribution in [-0.2, 0) is 14.8 Å². The first-order valence-electron chi connectivity index (χ1n) is 11.9. The number of nitrogens with zero attached hydrogens (tertiary/aromatic N) is 4. The fraction of sp³-hybridized carbons (Fsp3) is 0.320. The van der Waals surface area contributed by atoms with E-state index in [4.69, 9.17) is 4.74 Å². The van der Waals surface area contributed by atoms with Gasteiger partial charge in [-0.05, 0) is 22.3 Å². The van der Waals surface area contributed by atoms with Gasteiger partial charge in [0.1, 0.15) is 18.7 Å². The van der Waals surface area contributed by atoms with Gasteiger partial charge in [-0.15, -0.1) is 0 Å². The van der Waals surface area contributed by atoms with Crippen molar-refractivity contribution < 1.29 is 23.4 Å². The Morgan fingerprint density at radius 3 is 2.35 bits per heavy atom. The Labute approximate surface area is 213 Å². The van der Waals surface area contributed by atoms with E-state index in [0.29, 0.717) is 17.0 Å². The molecule has 4 N–H and O–H groups in total. The molecule has 2 aromatic carbocycles. The molecular formula is C25H26N6O5S. The van der Waals surface area contributed by atoms with E-state index in [1.54, 1.807) is 10.9 Å². The first-order chi connectivity index (χ1) is 17.8. The molecule has 2 aromatic heterocycles. The number of benzene rings is 2. The highest BCUT2D eigenvalue weighted by Gasteiger charge is 2.37. The zero-order chi connectivity index (χ0) is 25.7. The topological polar surface area (TPSA) is 151 Å². The first-order valence-corrected chi connectivity index (χ1v) is 13.8. The molecule has 5 atom stereocenters. The summed E-state index contributed by atoms with van der Waals surface area (Å²) in [7, 11) is -3.56. The third-order valence-corrected chi connectivity index (χ3v) is 7.58. The molecule has 192 valence electrons. The van der Waals surface area contributed by atoms with Gasteiger partial charge in [0.25, 0.3) is 0 Å². The Kier molecular flexibility index (Phi) is 5.92. The predicted molar refractivity (Wildman–Crippen MR) is 136 cm³/mol. The molecule has 1 saturated heterocycles. The SMILES string of the molecule is CS(=O)(=O)N[C@@H]1c2ccccc2-c2ccccc2[C@H]1Nc1ncnc2c1ncn2[C@H]1C[C@H](O)[C@@H](CO)O1. The van der Waals surface area contributed by atoms with Crippen molar-refractivity contribution >= 4 is 27.0 Å². The molecule has 2 aliphatic rings. The van der Waals surface area contributed by atoms with E-state index in [0.717, 1.165) is 28.5 Å². The minimum atomic E-state index is -3.56. The average Bonchev–Trinajstić information content (AvgIpc) is 3.48. The monoisotopic (exact) mass is 522 g/mol. The van der Waals surface area contributed by atoms with Crippen molar-refractivity contribution in [2.45, 2.75) is 36.9 Å². The standard InChI is InChI=1S/C25H26N6O5S/c1-37(34,35)30-22-17-9-5-3-7-15(17)14-6-2-4-8-16(14)21(22)29-24-23-25(27-12-26-24)31(13-28-23)20-10-18(33)19(11-32)36-20/h2-9,12-13,18-22,30,32-33H,10-11H2,1H3,(H,26,27,29)/t18-,19+,20+,21+,22+/m0/s1. The summed E-state index contributed by atoms with van der Waals surface area (Å²) in [5, 5.41) is 23.1. The highest BCUT2D eigenvalue weighted by atomic mass is 32.2. The second-order valence-electron chi connectivity index (χ2n) is 9.33. The van der Waals surface area contributed by atoms with Crippen molar-refractivity contribution in [1.82, 2.24) is 24.2 Å². The number of aliphatic hydroxyl groups excluding tert-OH is 2. The van der Waals surface area contributed by atoms with Crippen LogP contribution < -0.4 is 10.0 Å². The quantitative estimate of drug-likeness (QED) is 0.297. The van der Waals surface area contributed by atoms with Gasteiger partial charge in [0.15, 0.2) is 17.0 Å². The summed E-state index contributed by atoms with van der Waals surface area (Å²) in [5.74, 6) is 0.431. The number of imidazole rings is 1. The van der Waals surface area contributed by atoms with Crippen molar-refractivity contribution in [2.24, 2.45) is 0 Å². The number of hydrogen-bond donors (Lipinski definition) is 4. The van der Waals surface area contributed by atoms with E-state index < -0.39 is 40.5 Å². The Balaban J connectivity index is 1.43. The highest BCUT2D eigenvalue weighted by Crippen LogP contribution is 2.46. The summed E-state index contributed by atoms with van der Waals surface area (Å²) in [4.78, 5) is 13.3. The number of aromatic nitrogens is 4. The second kappa shape index (κ2) is 9.15. The average molecular weight is 523 g/mol. The molecular weight excluding hydrogens is 496 g/mol. The summed E-state index contributed by atoms with van der Waals surface area (Å²) < 4.78 is 35.2. The lowest BCUT2D eigenvalue weighted by Crippen LogP contribution is -2.37. The molecule has 6 rings (SSSR count). The van der Waals surface area contributed by atoms with Crippen molar-refractivity contribution in [3.05, 3.63) is 72.3 Å². The number of nitrogens with one attached hydrogen (secondary N) is 2. The summed E-state index contributed by atoms with van der Waals surface area (Å²) in [6, 6.07) is 14.5. The van der Waals surface area contributed by atoms with E-state index in [-0.39, 0.29) is 13.0 Å². The molecule has 11 nitrogen and oxygen atoms in total. The summed E-state index contributed by atoms with van der Waals surface area (Å²) in [6.07, 6.45) is 2.39. The maximum Gasteiger partial charge on any atom is 0.209 e. The van der Waals surface area contributed by atoms with Gasteiger partial charge in [-0.2, -0.15) is 0 Å². The van der Waals surface area contributed by atoms with E-state index in [9.17, 15) is 18.6 Å². The molecule has 1 aliphatic heterocycles. The van der Waals surface area contributed by atoms with Crippen LogP contribution >= 0.6 is 0 Å². The highest BCUT2D eigenvalue weighted by molar-refractivity contribution is 7.88. The summed E-state index contributed by atoms with van der Waals surface area (Å²) in [5.41, 5.74) is 4.70. The van der Waals surface area contributed by atoms with E-state index >= 15 is 0 Å². The number of rotatable bonds is 6. The lowest BCUT2D eigenvalue weighted by atomic mass is 9.79. The third-order valence-electron chi connectivity index (χ3n) is 6.90. The molecule has 1 fully saturated rings. The molecule has 0 radical (unpaired) electrons. The van der Waals surface area contributed by atoms with Crippen LogP contribution in [0.2, 0.25) is 0 Å². The zero-order valence-electron chi connectivity index (χ0n) is 19.9. The Hall–Kier alpha value is -3.42. The van der Waals surface area contributed by atoms with E-state index in [1.165, 1.54) is 6.33 Å². The number of anilines is 1. The van der Waals surface area contributed by atoms with Crippen LogP contribution in [0.25, 0.3) is 22.3 Å². The lowest BCUT2D eigenvalue weighted by Gasteiger charge is -2.36. The van der Waals surface area contributed by atoms with Gasteiger partial charge in [0, 0.05) is 6.42 Å². The largest absolute Gasteiger partial charge is 0.394 e. The van der Waals surface area contributed by atoms with Crippen molar-refractivity contribution in [3.63, 3.8) is 0 Å². The number of ether oxygens (including phenoxy) is 1.